The number of hydrogen-bond donors (Lipinski definition) is 2. The smallest absolute Gasteiger partial charge is 0.182 e. The van der Waals surface area contributed by atoms with Crippen molar-refractivity contribution in [1.82, 2.24) is 15.0 Å². The minimum Gasteiger partial charge on any atom is -0.365 e. The molecule has 18 heavy (non-hydrogen) atoms. The van der Waals surface area contributed by atoms with E-state index in [4.69, 9.17) is 5.26 Å². The number of rotatable bonds is 5. The summed E-state index contributed by atoms with van der Waals surface area (Å²) in [6.07, 6.45) is 6.11. The quantitative estimate of drug-likeness (QED) is 0.611. The molecule has 0 radical (unpaired) electrons. The molecule has 0 aliphatic rings. The van der Waals surface area contributed by atoms with Gasteiger partial charge in [0.15, 0.2) is 6.19 Å². The van der Waals surface area contributed by atoms with Crippen LogP contribution < -0.4 is 10.2 Å². The highest BCUT2D eigenvalue weighted by atomic mass is 15.2. The topological polar surface area (TPSA) is 80.6 Å². The summed E-state index contributed by atoms with van der Waals surface area (Å²) in [4.78, 5) is 13.3. The summed E-state index contributed by atoms with van der Waals surface area (Å²) in [5.41, 5.74) is 1.19. The molecular formula is C12H14N6. The number of likely N-dealkylation sites (N-methyl/N-ethyl adjacent to an activating group) is 1. The molecule has 6 heteroatoms. The number of anilines is 2. The van der Waals surface area contributed by atoms with Crippen molar-refractivity contribution in [2.75, 3.05) is 23.8 Å². The van der Waals surface area contributed by atoms with Crippen molar-refractivity contribution in [2.24, 2.45) is 0 Å². The average Bonchev–Trinajstić information content (AvgIpc) is 2.90. The summed E-state index contributed by atoms with van der Waals surface area (Å²) < 4.78 is 0. The maximum Gasteiger partial charge on any atom is 0.182 e. The van der Waals surface area contributed by atoms with E-state index in [1.54, 1.807) is 6.07 Å². The average molecular weight is 242 g/mol. The first-order valence-corrected chi connectivity index (χ1v) is 5.60. The van der Waals surface area contributed by atoms with Gasteiger partial charge in [-0.3, -0.25) is 5.32 Å². The second kappa shape index (κ2) is 5.68. The molecule has 0 fully saturated rings. The Hall–Kier alpha value is -2.55. The zero-order valence-corrected chi connectivity index (χ0v) is 10.1. The fraction of sp³-hybridized carbons (Fsp3) is 0.250. The predicted octanol–water partition coefficient (Wildman–Crippen LogP) is 1.38. The van der Waals surface area contributed by atoms with Gasteiger partial charge in [-0.2, -0.15) is 5.26 Å². The molecule has 0 aliphatic carbocycles. The second-order valence-electron chi connectivity index (χ2n) is 3.87. The number of H-pyrrole nitrogens is 1. The lowest BCUT2D eigenvalue weighted by Crippen LogP contribution is -2.21. The minimum atomic E-state index is 0.509. The fourth-order valence-corrected chi connectivity index (χ4v) is 1.61. The maximum atomic E-state index is 8.54. The van der Waals surface area contributed by atoms with Crippen LogP contribution in [0.2, 0.25) is 0 Å². The molecular weight excluding hydrogens is 228 g/mol. The molecule has 0 unspecified atom stereocenters. The van der Waals surface area contributed by atoms with E-state index in [1.165, 1.54) is 12.0 Å². The van der Waals surface area contributed by atoms with Gasteiger partial charge >= 0.3 is 0 Å². The highest BCUT2D eigenvalue weighted by Gasteiger charge is 2.04. The lowest BCUT2D eigenvalue weighted by atomic mass is 10.3. The summed E-state index contributed by atoms with van der Waals surface area (Å²) >= 11 is 0. The Balaban J connectivity index is 1.98. The minimum absolute atomic E-state index is 0.509. The van der Waals surface area contributed by atoms with Crippen LogP contribution in [0.5, 0.6) is 0 Å². The number of nitriles is 1. The van der Waals surface area contributed by atoms with Crippen LogP contribution >= 0.6 is 0 Å². The largest absolute Gasteiger partial charge is 0.365 e. The molecule has 0 saturated heterocycles. The summed E-state index contributed by atoms with van der Waals surface area (Å²) in [5, 5.41) is 11.0. The molecule has 0 aromatic carbocycles. The van der Waals surface area contributed by atoms with Gasteiger partial charge in [-0.25, -0.2) is 9.97 Å². The molecule has 92 valence electrons. The van der Waals surface area contributed by atoms with E-state index in [2.05, 4.69) is 26.3 Å². The first-order chi connectivity index (χ1) is 8.79. The van der Waals surface area contributed by atoms with Crippen molar-refractivity contribution in [2.45, 2.75) is 6.42 Å². The molecule has 0 amide bonds. The van der Waals surface area contributed by atoms with Crippen molar-refractivity contribution in [3.8, 4) is 6.19 Å². The maximum absolute atomic E-state index is 8.54. The van der Waals surface area contributed by atoms with Gasteiger partial charge in [0, 0.05) is 38.0 Å². The van der Waals surface area contributed by atoms with Crippen molar-refractivity contribution in [3.63, 3.8) is 0 Å². The van der Waals surface area contributed by atoms with Gasteiger partial charge in [0.25, 0.3) is 0 Å². The Labute approximate surface area is 105 Å². The van der Waals surface area contributed by atoms with Crippen LogP contribution in [0, 0.1) is 11.5 Å². The first-order valence-electron chi connectivity index (χ1n) is 5.60. The standard InChI is InChI=1S/C12H14N6/c1-18(6-4-10-3-2-5-14-10)12-7-11(15-8-13)16-9-17-12/h2-3,5,7,9,14H,4,6H2,1H3,(H,15,16,17). The molecule has 6 nitrogen and oxygen atoms in total. The van der Waals surface area contributed by atoms with E-state index >= 15 is 0 Å². The zero-order chi connectivity index (χ0) is 12.8. The Bertz CT molecular complexity index is 528. The van der Waals surface area contributed by atoms with Gasteiger partial charge in [-0.15, -0.1) is 0 Å². The summed E-state index contributed by atoms with van der Waals surface area (Å²) in [6, 6.07) is 5.78. The number of hydrogen-bond acceptors (Lipinski definition) is 5. The molecule has 2 heterocycles. The summed E-state index contributed by atoms with van der Waals surface area (Å²) in [7, 11) is 1.96. The number of aromatic amines is 1. The molecule has 2 N–H and O–H groups in total. The number of nitrogens with one attached hydrogen (secondary N) is 2. The Morgan fingerprint density at radius 3 is 3.11 bits per heavy atom. The van der Waals surface area contributed by atoms with Crippen LogP contribution in [0.4, 0.5) is 11.6 Å². The highest BCUT2D eigenvalue weighted by molar-refractivity contribution is 5.49. The van der Waals surface area contributed by atoms with Crippen molar-refractivity contribution in [1.29, 1.82) is 5.26 Å². The molecule has 0 bridgehead atoms. The third kappa shape index (κ3) is 2.98. The predicted molar refractivity (Wildman–Crippen MR) is 69.0 cm³/mol. The lowest BCUT2D eigenvalue weighted by molar-refractivity contribution is 0.841. The van der Waals surface area contributed by atoms with Crippen molar-refractivity contribution in [3.05, 3.63) is 36.4 Å². The fourth-order valence-electron chi connectivity index (χ4n) is 1.61. The zero-order valence-electron chi connectivity index (χ0n) is 10.1. The summed E-state index contributed by atoms with van der Waals surface area (Å²) in [5.74, 6) is 1.29. The van der Waals surface area contributed by atoms with Crippen molar-refractivity contribution >= 4 is 11.6 Å². The van der Waals surface area contributed by atoms with Gasteiger partial charge in [-0.1, -0.05) is 0 Å². The molecule has 0 spiro atoms. The van der Waals surface area contributed by atoms with Crippen LogP contribution in [0.1, 0.15) is 5.69 Å². The molecule has 0 aliphatic heterocycles. The molecule has 0 atom stereocenters. The first kappa shape index (κ1) is 11.9. The third-order valence-corrected chi connectivity index (χ3v) is 2.61. The van der Waals surface area contributed by atoms with Crippen LogP contribution in [0.15, 0.2) is 30.7 Å². The van der Waals surface area contributed by atoms with E-state index in [9.17, 15) is 0 Å². The molecule has 0 saturated carbocycles. The van der Waals surface area contributed by atoms with Crippen molar-refractivity contribution < 1.29 is 0 Å². The Morgan fingerprint density at radius 1 is 1.50 bits per heavy atom. The SMILES string of the molecule is CN(CCc1ccc[nH]1)c1cc(NC#N)ncn1. The van der Waals surface area contributed by atoms with Gasteiger partial charge in [0.2, 0.25) is 0 Å². The monoisotopic (exact) mass is 242 g/mol. The number of aromatic nitrogens is 3. The molecule has 2 aromatic heterocycles. The van der Waals surface area contributed by atoms with E-state index in [1.807, 2.05) is 30.4 Å². The molecule has 2 rings (SSSR count). The van der Waals surface area contributed by atoms with E-state index in [0.717, 1.165) is 18.8 Å². The van der Waals surface area contributed by atoms with E-state index < -0.39 is 0 Å². The Kier molecular flexibility index (Phi) is 3.76. The van der Waals surface area contributed by atoms with Gasteiger partial charge in [0.1, 0.15) is 18.0 Å². The lowest BCUT2D eigenvalue weighted by Gasteiger charge is -2.17. The molecule has 2 aromatic rings. The van der Waals surface area contributed by atoms with Crippen LogP contribution in [-0.2, 0) is 6.42 Å². The third-order valence-electron chi connectivity index (χ3n) is 2.61. The Morgan fingerprint density at radius 2 is 2.39 bits per heavy atom. The van der Waals surface area contributed by atoms with E-state index in [-0.39, 0.29) is 0 Å². The number of nitrogens with zero attached hydrogens (tertiary/aromatic N) is 4. The van der Waals surface area contributed by atoms with Gasteiger partial charge in [-0.05, 0) is 12.1 Å². The van der Waals surface area contributed by atoms with Gasteiger partial charge < -0.3 is 9.88 Å². The van der Waals surface area contributed by atoms with Crippen LogP contribution in [0.25, 0.3) is 0 Å². The second-order valence-corrected chi connectivity index (χ2v) is 3.87. The summed E-state index contributed by atoms with van der Waals surface area (Å²) in [6.45, 7) is 0.837. The van der Waals surface area contributed by atoms with Gasteiger partial charge in [0.05, 0.1) is 0 Å². The highest BCUT2D eigenvalue weighted by Crippen LogP contribution is 2.12. The van der Waals surface area contributed by atoms with E-state index in [0.29, 0.717) is 5.82 Å². The normalized spacial score (nSPS) is 9.78. The van der Waals surface area contributed by atoms with Crippen LogP contribution in [0.3, 0.4) is 0 Å². The van der Waals surface area contributed by atoms with Crippen LogP contribution in [-0.4, -0.2) is 28.5 Å².